The Balaban J connectivity index is 3.90. The van der Waals surface area contributed by atoms with Crippen LogP contribution < -0.4 is 10.2 Å². The molecule has 0 aromatic rings. The lowest BCUT2D eigenvalue weighted by Crippen LogP contribution is -2.45. The summed E-state index contributed by atoms with van der Waals surface area (Å²) in [5.74, 6) is -0.189. The van der Waals surface area contributed by atoms with Crippen molar-refractivity contribution in [3.8, 4) is 0 Å². The predicted octanol–water partition coefficient (Wildman–Crippen LogP) is 22.0. The monoisotopic (exact) mass is 1150 g/mol. The van der Waals surface area contributed by atoms with E-state index in [4.69, 9.17) is 9.05 Å². The average molecular weight is 1150 g/mol. The summed E-state index contributed by atoms with van der Waals surface area (Å²) in [5.41, 5.74) is 0. The van der Waals surface area contributed by atoms with Crippen molar-refractivity contribution < 1.29 is 32.9 Å². The fourth-order valence-electron chi connectivity index (χ4n) is 11.1. The normalized spacial score (nSPS) is 13.7. The third kappa shape index (κ3) is 64.5. The van der Waals surface area contributed by atoms with E-state index in [0.29, 0.717) is 17.4 Å². The SMILES string of the molecule is CCCCCCCCCC/C=C\CCCCCCCCCCCCCCCCCCCCCCCCCCCCCC(=O)NC(COP(=O)([O-])OCC[N+](C)(C)C)C(O)/C=C/CCCCCCCCCCCCCCCCCCC. The van der Waals surface area contributed by atoms with E-state index in [-0.39, 0.29) is 19.1 Å². The number of phosphoric acid groups is 1. The Morgan fingerprint density at radius 2 is 0.688 bits per heavy atom. The van der Waals surface area contributed by atoms with Gasteiger partial charge in [0.2, 0.25) is 5.91 Å². The van der Waals surface area contributed by atoms with Crippen LogP contribution in [0.1, 0.15) is 373 Å². The molecule has 0 saturated heterocycles. The van der Waals surface area contributed by atoms with Crippen molar-refractivity contribution in [1.82, 2.24) is 5.32 Å². The number of rotatable bonds is 67. The maximum absolute atomic E-state index is 13.0. The van der Waals surface area contributed by atoms with Crippen LogP contribution in [-0.4, -0.2) is 68.5 Å². The third-order valence-corrected chi connectivity index (χ3v) is 17.6. The van der Waals surface area contributed by atoms with Crippen molar-refractivity contribution in [1.29, 1.82) is 0 Å². The van der Waals surface area contributed by atoms with Gasteiger partial charge >= 0.3 is 0 Å². The van der Waals surface area contributed by atoms with Gasteiger partial charge in [0.1, 0.15) is 13.2 Å². The number of hydrogen-bond donors (Lipinski definition) is 2. The molecule has 80 heavy (non-hydrogen) atoms. The summed E-state index contributed by atoms with van der Waals surface area (Å²) in [4.78, 5) is 25.6. The highest BCUT2D eigenvalue weighted by Crippen LogP contribution is 2.38. The van der Waals surface area contributed by atoms with Crippen molar-refractivity contribution in [3.63, 3.8) is 0 Å². The molecule has 0 bridgehead atoms. The number of quaternary nitrogens is 1. The van der Waals surface area contributed by atoms with Crippen molar-refractivity contribution in [3.05, 3.63) is 24.3 Å². The molecular formula is C71H141N2O6P. The molecule has 0 rings (SSSR count). The van der Waals surface area contributed by atoms with Gasteiger partial charge in [-0.1, -0.05) is 346 Å². The number of amides is 1. The zero-order valence-electron chi connectivity index (χ0n) is 54.6. The van der Waals surface area contributed by atoms with E-state index in [0.717, 1.165) is 38.5 Å². The van der Waals surface area contributed by atoms with E-state index in [2.05, 4.69) is 31.3 Å². The molecule has 0 heterocycles. The molecule has 8 nitrogen and oxygen atoms in total. The van der Waals surface area contributed by atoms with Gasteiger partial charge in [-0.2, -0.15) is 0 Å². The summed E-state index contributed by atoms with van der Waals surface area (Å²) in [5, 5.41) is 13.9. The first-order valence-electron chi connectivity index (χ1n) is 35.7. The molecule has 0 aliphatic carbocycles. The van der Waals surface area contributed by atoms with Crippen LogP contribution >= 0.6 is 7.82 Å². The van der Waals surface area contributed by atoms with Gasteiger partial charge in [-0.3, -0.25) is 9.36 Å². The first kappa shape index (κ1) is 79.0. The number of phosphoric ester groups is 1. The Morgan fingerprint density at radius 1 is 0.425 bits per heavy atom. The summed E-state index contributed by atoms with van der Waals surface area (Å²) in [6, 6.07) is -0.884. The van der Waals surface area contributed by atoms with Gasteiger partial charge in [-0.05, 0) is 44.9 Å². The van der Waals surface area contributed by atoms with Gasteiger partial charge in [-0.15, -0.1) is 0 Å². The molecule has 0 fully saturated rings. The number of aliphatic hydroxyl groups is 1. The zero-order chi connectivity index (χ0) is 58.4. The minimum atomic E-state index is -4.60. The second-order valence-electron chi connectivity index (χ2n) is 25.9. The number of aliphatic hydroxyl groups excluding tert-OH is 1. The Bertz CT molecular complexity index is 1350. The van der Waals surface area contributed by atoms with E-state index in [1.165, 1.54) is 315 Å². The smallest absolute Gasteiger partial charge is 0.268 e. The van der Waals surface area contributed by atoms with Crippen LogP contribution in [0.4, 0.5) is 0 Å². The molecule has 0 aromatic heterocycles. The van der Waals surface area contributed by atoms with Crippen LogP contribution in [0.5, 0.6) is 0 Å². The Kier molecular flexibility index (Phi) is 61.7. The lowest BCUT2D eigenvalue weighted by atomic mass is 10.0. The number of allylic oxidation sites excluding steroid dienone is 3. The highest BCUT2D eigenvalue weighted by Gasteiger charge is 2.23. The lowest BCUT2D eigenvalue weighted by Gasteiger charge is -2.29. The molecule has 0 spiro atoms. The van der Waals surface area contributed by atoms with E-state index in [1.54, 1.807) is 6.08 Å². The average Bonchev–Trinajstić information content (AvgIpc) is 3.42. The number of unbranched alkanes of at least 4 members (excludes halogenated alkanes) is 52. The van der Waals surface area contributed by atoms with E-state index >= 15 is 0 Å². The Labute approximate surface area is 500 Å². The molecule has 2 N–H and O–H groups in total. The van der Waals surface area contributed by atoms with Crippen molar-refractivity contribution >= 4 is 13.7 Å². The van der Waals surface area contributed by atoms with E-state index in [9.17, 15) is 19.4 Å². The largest absolute Gasteiger partial charge is 0.756 e. The van der Waals surface area contributed by atoms with Gasteiger partial charge in [-0.25, -0.2) is 0 Å². The Morgan fingerprint density at radius 3 is 0.975 bits per heavy atom. The molecule has 476 valence electrons. The molecule has 0 aliphatic heterocycles. The van der Waals surface area contributed by atoms with E-state index in [1.807, 2.05) is 27.2 Å². The second kappa shape index (κ2) is 62.5. The summed E-state index contributed by atoms with van der Waals surface area (Å²) in [7, 11) is 1.28. The minimum absolute atomic E-state index is 0.00221. The highest BCUT2D eigenvalue weighted by molar-refractivity contribution is 7.45. The lowest BCUT2D eigenvalue weighted by molar-refractivity contribution is -0.870. The standard InChI is InChI=1S/C71H141N2O6P/c1-6-8-10-12-14-16-18-20-22-24-26-27-28-29-30-31-32-33-34-35-36-37-38-39-40-41-42-43-44-45-47-49-51-53-55-57-59-61-63-65-71(75)72-69(68-79-80(76,77)78-67-66-73(3,4)5)70(74)64-62-60-58-56-54-52-50-48-46-25-23-21-19-17-15-13-11-9-7-2/h24,26,62,64,69-70,74H,6-23,25,27-61,63,65-68H2,1-5H3,(H-,72,75,76,77)/b26-24-,64-62+. The number of carbonyl (C=O) groups is 1. The first-order valence-corrected chi connectivity index (χ1v) is 37.2. The number of nitrogens with one attached hydrogen (secondary N) is 1. The summed E-state index contributed by atoms with van der Waals surface area (Å²) >= 11 is 0. The molecule has 0 aromatic carbocycles. The number of hydrogen-bond acceptors (Lipinski definition) is 6. The molecule has 1 amide bonds. The van der Waals surface area contributed by atoms with Crippen molar-refractivity contribution in [2.75, 3.05) is 40.9 Å². The molecule has 0 radical (unpaired) electrons. The highest BCUT2D eigenvalue weighted by atomic mass is 31.2. The molecular weight excluding hydrogens is 1010 g/mol. The summed E-state index contributed by atoms with van der Waals surface area (Å²) in [6.45, 7) is 4.71. The van der Waals surface area contributed by atoms with Gasteiger partial charge in [0.05, 0.1) is 39.9 Å². The molecule has 0 aliphatic rings. The topological polar surface area (TPSA) is 108 Å². The quantitative estimate of drug-likeness (QED) is 0.0272. The van der Waals surface area contributed by atoms with Crippen LogP contribution in [0.25, 0.3) is 0 Å². The van der Waals surface area contributed by atoms with E-state index < -0.39 is 20.0 Å². The maximum atomic E-state index is 13.0. The molecule has 9 heteroatoms. The van der Waals surface area contributed by atoms with Crippen LogP contribution in [0.3, 0.4) is 0 Å². The Hall–Kier alpha value is -1.02. The fraction of sp³-hybridized carbons (Fsp3) is 0.930. The van der Waals surface area contributed by atoms with Gasteiger partial charge in [0.15, 0.2) is 0 Å². The maximum Gasteiger partial charge on any atom is 0.268 e. The summed E-state index contributed by atoms with van der Waals surface area (Å²) < 4.78 is 23.4. The molecule has 3 unspecified atom stereocenters. The molecule has 3 atom stereocenters. The summed E-state index contributed by atoms with van der Waals surface area (Å²) in [6.07, 6.45) is 81.7. The third-order valence-electron chi connectivity index (χ3n) is 16.7. The second-order valence-corrected chi connectivity index (χ2v) is 27.4. The fourth-order valence-corrected chi connectivity index (χ4v) is 11.8. The molecule has 0 saturated carbocycles. The minimum Gasteiger partial charge on any atom is -0.756 e. The predicted molar refractivity (Wildman–Crippen MR) is 349 cm³/mol. The number of carbonyl (C=O) groups excluding carboxylic acids is 1. The van der Waals surface area contributed by atoms with Crippen LogP contribution in [0.15, 0.2) is 24.3 Å². The van der Waals surface area contributed by atoms with Crippen molar-refractivity contribution in [2.45, 2.75) is 386 Å². The van der Waals surface area contributed by atoms with Gasteiger partial charge < -0.3 is 28.8 Å². The van der Waals surface area contributed by atoms with Gasteiger partial charge in [0.25, 0.3) is 7.82 Å². The van der Waals surface area contributed by atoms with Crippen LogP contribution in [0.2, 0.25) is 0 Å². The van der Waals surface area contributed by atoms with Crippen LogP contribution in [0, 0.1) is 0 Å². The first-order chi connectivity index (χ1) is 39.0. The zero-order valence-corrected chi connectivity index (χ0v) is 55.5. The van der Waals surface area contributed by atoms with Crippen LogP contribution in [-0.2, 0) is 18.4 Å². The van der Waals surface area contributed by atoms with Gasteiger partial charge in [0, 0.05) is 6.42 Å². The number of nitrogens with zero attached hydrogens (tertiary/aromatic N) is 1. The van der Waals surface area contributed by atoms with Crippen molar-refractivity contribution in [2.24, 2.45) is 0 Å². The number of likely N-dealkylation sites (N-methyl/N-ethyl adjacent to an activating group) is 1.